The Hall–Kier alpha value is -2.28. The number of hydrogen-bond acceptors (Lipinski definition) is 3. The van der Waals surface area contributed by atoms with Gasteiger partial charge < -0.3 is 9.30 Å². The number of aromatic nitrogens is 2. The summed E-state index contributed by atoms with van der Waals surface area (Å²) in [6.45, 7) is 0.339. The zero-order chi connectivity index (χ0) is 12.1. The number of ether oxygens (including phenoxy) is 1. The number of imidazole rings is 1. The highest BCUT2D eigenvalue weighted by molar-refractivity contribution is 5.28. The van der Waals surface area contributed by atoms with Gasteiger partial charge in [-0.1, -0.05) is 12.1 Å². The van der Waals surface area contributed by atoms with Gasteiger partial charge in [0.25, 0.3) is 0 Å². The standard InChI is InChI=1S/C13H13N3O/c1-17-12-4-2-11(3-5-12)10-13-15-7-9-16(13)8-6-14/h2-5,7,9H,8,10H2,1H3. The van der Waals surface area contributed by atoms with E-state index in [2.05, 4.69) is 11.1 Å². The molecule has 0 saturated heterocycles. The van der Waals surface area contributed by atoms with E-state index in [1.165, 1.54) is 0 Å². The molecular weight excluding hydrogens is 214 g/mol. The predicted octanol–water partition coefficient (Wildman–Crippen LogP) is 2.01. The second-order valence-electron chi connectivity index (χ2n) is 3.65. The molecule has 2 rings (SSSR count). The van der Waals surface area contributed by atoms with E-state index in [-0.39, 0.29) is 0 Å². The van der Waals surface area contributed by atoms with Crippen LogP contribution in [-0.4, -0.2) is 16.7 Å². The molecule has 1 heterocycles. The minimum absolute atomic E-state index is 0.339. The van der Waals surface area contributed by atoms with Gasteiger partial charge in [-0.25, -0.2) is 4.98 Å². The molecular formula is C13H13N3O. The van der Waals surface area contributed by atoms with Gasteiger partial charge in [-0.2, -0.15) is 5.26 Å². The highest BCUT2D eigenvalue weighted by atomic mass is 16.5. The lowest BCUT2D eigenvalue weighted by atomic mass is 10.1. The maximum atomic E-state index is 8.68. The number of hydrogen-bond donors (Lipinski definition) is 0. The Kier molecular flexibility index (Phi) is 3.41. The first-order valence-corrected chi connectivity index (χ1v) is 5.33. The van der Waals surface area contributed by atoms with E-state index in [4.69, 9.17) is 10.00 Å². The van der Waals surface area contributed by atoms with Crippen molar-refractivity contribution in [3.63, 3.8) is 0 Å². The van der Waals surface area contributed by atoms with Gasteiger partial charge in [0.05, 0.1) is 13.2 Å². The van der Waals surface area contributed by atoms with Crippen molar-refractivity contribution in [1.82, 2.24) is 9.55 Å². The van der Waals surface area contributed by atoms with Crippen LogP contribution in [0, 0.1) is 11.3 Å². The highest BCUT2D eigenvalue weighted by Crippen LogP contribution is 2.14. The Balaban J connectivity index is 2.14. The highest BCUT2D eigenvalue weighted by Gasteiger charge is 2.03. The van der Waals surface area contributed by atoms with Crippen molar-refractivity contribution in [3.8, 4) is 11.8 Å². The lowest BCUT2D eigenvalue weighted by molar-refractivity contribution is 0.414. The van der Waals surface area contributed by atoms with E-state index in [1.807, 2.05) is 35.0 Å². The summed E-state index contributed by atoms with van der Waals surface area (Å²) in [5.41, 5.74) is 1.15. The van der Waals surface area contributed by atoms with Gasteiger partial charge >= 0.3 is 0 Å². The van der Waals surface area contributed by atoms with E-state index >= 15 is 0 Å². The Bertz CT molecular complexity index is 522. The Morgan fingerprint density at radius 2 is 2.12 bits per heavy atom. The molecule has 1 aromatic carbocycles. The lowest BCUT2D eigenvalue weighted by Gasteiger charge is -2.05. The quantitative estimate of drug-likeness (QED) is 0.802. The van der Waals surface area contributed by atoms with Crippen LogP contribution in [-0.2, 0) is 13.0 Å². The van der Waals surface area contributed by atoms with E-state index in [0.717, 1.165) is 23.6 Å². The third-order valence-electron chi connectivity index (χ3n) is 2.56. The van der Waals surface area contributed by atoms with Crippen LogP contribution in [0.25, 0.3) is 0 Å². The third kappa shape index (κ3) is 2.64. The summed E-state index contributed by atoms with van der Waals surface area (Å²) in [6.07, 6.45) is 4.26. The first kappa shape index (κ1) is 11.2. The van der Waals surface area contributed by atoms with Crippen LogP contribution in [0.4, 0.5) is 0 Å². The Labute approximate surface area is 100 Å². The monoisotopic (exact) mass is 227 g/mol. The summed E-state index contributed by atoms with van der Waals surface area (Å²) in [4.78, 5) is 4.25. The average molecular weight is 227 g/mol. The van der Waals surface area contributed by atoms with Crippen LogP contribution in [0.2, 0.25) is 0 Å². The van der Waals surface area contributed by atoms with Gasteiger partial charge in [0.2, 0.25) is 0 Å². The summed E-state index contributed by atoms with van der Waals surface area (Å²) in [6, 6.07) is 9.97. The smallest absolute Gasteiger partial charge is 0.118 e. The third-order valence-corrected chi connectivity index (χ3v) is 2.56. The first-order chi connectivity index (χ1) is 8.33. The van der Waals surface area contributed by atoms with E-state index in [9.17, 15) is 0 Å². The minimum Gasteiger partial charge on any atom is -0.497 e. The molecule has 0 radical (unpaired) electrons. The molecule has 0 fully saturated rings. The molecule has 17 heavy (non-hydrogen) atoms. The van der Waals surface area contributed by atoms with Crippen LogP contribution >= 0.6 is 0 Å². The molecule has 4 heteroatoms. The average Bonchev–Trinajstić information content (AvgIpc) is 2.78. The zero-order valence-corrected chi connectivity index (χ0v) is 9.63. The van der Waals surface area contributed by atoms with Gasteiger partial charge in [0, 0.05) is 18.8 Å². The van der Waals surface area contributed by atoms with Gasteiger partial charge in [-0.15, -0.1) is 0 Å². The normalized spacial score (nSPS) is 9.88. The molecule has 0 saturated carbocycles. The van der Waals surface area contributed by atoms with Crippen molar-refractivity contribution in [2.45, 2.75) is 13.0 Å². The van der Waals surface area contributed by atoms with Crippen molar-refractivity contribution >= 4 is 0 Å². The fourth-order valence-corrected chi connectivity index (χ4v) is 1.65. The maximum absolute atomic E-state index is 8.68. The fourth-order valence-electron chi connectivity index (χ4n) is 1.65. The van der Waals surface area contributed by atoms with Crippen LogP contribution in [0.3, 0.4) is 0 Å². The Morgan fingerprint density at radius 3 is 2.76 bits per heavy atom. The zero-order valence-electron chi connectivity index (χ0n) is 9.63. The summed E-state index contributed by atoms with van der Waals surface area (Å²) in [5.74, 6) is 1.74. The number of methoxy groups -OCH3 is 1. The minimum atomic E-state index is 0.339. The molecule has 86 valence electrons. The molecule has 0 aliphatic carbocycles. The molecule has 2 aromatic rings. The summed E-state index contributed by atoms with van der Waals surface area (Å²) in [5, 5.41) is 8.68. The van der Waals surface area contributed by atoms with Crippen LogP contribution < -0.4 is 4.74 Å². The number of rotatable bonds is 4. The molecule has 0 N–H and O–H groups in total. The van der Waals surface area contributed by atoms with E-state index in [1.54, 1.807) is 13.3 Å². The molecule has 0 aliphatic rings. The second kappa shape index (κ2) is 5.17. The molecule has 0 aliphatic heterocycles. The maximum Gasteiger partial charge on any atom is 0.118 e. The number of nitrogens with zero attached hydrogens (tertiary/aromatic N) is 3. The number of benzene rings is 1. The fraction of sp³-hybridized carbons (Fsp3) is 0.231. The van der Waals surface area contributed by atoms with Gasteiger partial charge in [0.15, 0.2) is 0 Å². The first-order valence-electron chi connectivity index (χ1n) is 5.33. The molecule has 0 amide bonds. The van der Waals surface area contributed by atoms with E-state index < -0.39 is 0 Å². The summed E-state index contributed by atoms with van der Waals surface area (Å²) < 4.78 is 6.95. The SMILES string of the molecule is COc1ccc(Cc2nccn2CC#N)cc1. The Morgan fingerprint density at radius 1 is 1.35 bits per heavy atom. The van der Waals surface area contributed by atoms with Crippen molar-refractivity contribution in [2.24, 2.45) is 0 Å². The lowest BCUT2D eigenvalue weighted by Crippen LogP contribution is -2.02. The van der Waals surface area contributed by atoms with Gasteiger partial charge in [0.1, 0.15) is 18.1 Å². The molecule has 0 bridgehead atoms. The number of nitriles is 1. The van der Waals surface area contributed by atoms with Crippen LogP contribution in [0.15, 0.2) is 36.7 Å². The largest absolute Gasteiger partial charge is 0.497 e. The van der Waals surface area contributed by atoms with Gasteiger partial charge in [-0.3, -0.25) is 0 Å². The van der Waals surface area contributed by atoms with Crippen molar-refractivity contribution < 1.29 is 4.74 Å². The van der Waals surface area contributed by atoms with Gasteiger partial charge in [-0.05, 0) is 17.7 Å². The molecule has 0 atom stereocenters. The topological polar surface area (TPSA) is 50.8 Å². The van der Waals surface area contributed by atoms with Crippen LogP contribution in [0.1, 0.15) is 11.4 Å². The van der Waals surface area contributed by atoms with Crippen LogP contribution in [0.5, 0.6) is 5.75 Å². The van der Waals surface area contributed by atoms with E-state index in [0.29, 0.717) is 6.54 Å². The summed E-state index contributed by atoms with van der Waals surface area (Å²) in [7, 11) is 1.65. The molecule has 0 spiro atoms. The molecule has 0 unspecified atom stereocenters. The van der Waals surface area contributed by atoms with Crippen molar-refractivity contribution in [2.75, 3.05) is 7.11 Å². The predicted molar refractivity (Wildman–Crippen MR) is 63.6 cm³/mol. The molecule has 1 aromatic heterocycles. The van der Waals surface area contributed by atoms with Crippen molar-refractivity contribution in [3.05, 3.63) is 48.0 Å². The summed E-state index contributed by atoms with van der Waals surface area (Å²) >= 11 is 0. The van der Waals surface area contributed by atoms with Crippen molar-refractivity contribution in [1.29, 1.82) is 5.26 Å². The molecule has 4 nitrogen and oxygen atoms in total. The second-order valence-corrected chi connectivity index (χ2v) is 3.65.